The van der Waals surface area contributed by atoms with Crippen LogP contribution in [0.1, 0.15) is 40.0 Å². The van der Waals surface area contributed by atoms with Gasteiger partial charge in [-0.15, -0.1) is 11.6 Å². The normalized spacial score (nSPS) is 25.4. The average molecular weight is 268 g/mol. The largest absolute Gasteiger partial charge is 0.228 e. The number of hydrogen-bond acceptors (Lipinski definition) is 2. The summed E-state index contributed by atoms with van der Waals surface area (Å²) in [6, 6.07) is 0. The van der Waals surface area contributed by atoms with Gasteiger partial charge in [0.2, 0.25) is 10.0 Å². The molecule has 0 saturated carbocycles. The third kappa shape index (κ3) is 3.60. The van der Waals surface area contributed by atoms with E-state index in [2.05, 4.69) is 20.8 Å². The molecule has 3 nitrogen and oxygen atoms in total. The smallest absolute Gasteiger partial charge is 0.211 e. The zero-order valence-electron chi connectivity index (χ0n) is 10.4. The lowest BCUT2D eigenvalue weighted by atomic mass is 9.77. The maximum atomic E-state index is 11.7. The van der Waals surface area contributed by atoms with Crippen molar-refractivity contribution in [2.75, 3.05) is 18.3 Å². The van der Waals surface area contributed by atoms with Crippen LogP contribution in [0.5, 0.6) is 0 Å². The van der Waals surface area contributed by atoms with Gasteiger partial charge in [0.15, 0.2) is 0 Å². The Kier molecular flexibility index (Phi) is 4.66. The Morgan fingerprint density at radius 2 is 1.88 bits per heavy atom. The lowest BCUT2D eigenvalue weighted by Gasteiger charge is -2.29. The lowest BCUT2D eigenvalue weighted by Crippen LogP contribution is -2.33. The van der Waals surface area contributed by atoms with Crippen LogP contribution in [0, 0.1) is 11.3 Å². The topological polar surface area (TPSA) is 37.4 Å². The average Bonchev–Trinajstić information content (AvgIpc) is 2.42. The number of halogens is 1. The fourth-order valence-corrected chi connectivity index (χ4v) is 3.63. The molecular weight excluding hydrogens is 246 g/mol. The Bertz CT molecular complexity index is 321. The fourth-order valence-electron chi connectivity index (χ4n) is 2.28. The molecule has 1 saturated heterocycles. The molecule has 1 aliphatic heterocycles. The molecule has 0 aromatic rings. The molecule has 96 valence electrons. The van der Waals surface area contributed by atoms with E-state index < -0.39 is 10.0 Å². The first-order valence-corrected chi connectivity index (χ1v) is 7.95. The molecule has 0 N–H and O–H groups in total. The molecule has 0 bridgehead atoms. The van der Waals surface area contributed by atoms with Gasteiger partial charge >= 0.3 is 0 Å². The van der Waals surface area contributed by atoms with Crippen LogP contribution in [-0.2, 0) is 10.0 Å². The van der Waals surface area contributed by atoms with E-state index in [9.17, 15) is 8.42 Å². The van der Waals surface area contributed by atoms with Gasteiger partial charge in [-0.05, 0) is 30.6 Å². The van der Waals surface area contributed by atoms with Crippen LogP contribution in [0.15, 0.2) is 0 Å². The minimum atomic E-state index is -3.21. The molecule has 0 aliphatic carbocycles. The van der Waals surface area contributed by atoms with E-state index in [1.165, 1.54) is 0 Å². The summed E-state index contributed by atoms with van der Waals surface area (Å²) < 4.78 is 24.9. The van der Waals surface area contributed by atoms with Crippen LogP contribution >= 0.6 is 11.6 Å². The van der Waals surface area contributed by atoms with Gasteiger partial charge in [0.1, 0.15) is 5.21 Å². The Morgan fingerprint density at radius 3 is 2.38 bits per heavy atom. The molecule has 0 spiro atoms. The van der Waals surface area contributed by atoms with Crippen LogP contribution in [-0.4, -0.2) is 31.0 Å². The third-order valence-corrected chi connectivity index (χ3v) is 5.70. The van der Waals surface area contributed by atoms with Crippen molar-refractivity contribution < 1.29 is 8.42 Å². The van der Waals surface area contributed by atoms with E-state index in [4.69, 9.17) is 11.6 Å². The molecule has 0 aromatic carbocycles. The zero-order chi connectivity index (χ0) is 12.4. The highest BCUT2D eigenvalue weighted by atomic mass is 35.5. The Balaban J connectivity index is 2.67. The predicted octanol–water partition coefficient (Wildman–Crippen LogP) is 2.66. The second-order valence-electron chi connectivity index (χ2n) is 5.61. The second-order valence-corrected chi connectivity index (χ2v) is 8.17. The highest BCUT2D eigenvalue weighted by molar-refractivity contribution is 7.90. The monoisotopic (exact) mass is 267 g/mol. The lowest BCUT2D eigenvalue weighted by molar-refractivity contribution is 0.217. The van der Waals surface area contributed by atoms with E-state index >= 15 is 0 Å². The van der Waals surface area contributed by atoms with E-state index in [0.717, 1.165) is 19.3 Å². The van der Waals surface area contributed by atoms with Gasteiger partial charge < -0.3 is 0 Å². The Morgan fingerprint density at radius 1 is 1.25 bits per heavy atom. The van der Waals surface area contributed by atoms with E-state index in [0.29, 0.717) is 19.0 Å². The van der Waals surface area contributed by atoms with Crippen LogP contribution in [0.2, 0.25) is 0 Å². The van der Waals surface area contributed by atoms with E-state index in [-0.39, 0.29) is 10.6 Å². The van der Waals surface area contributed by atoms with Crippen LogP contribution < -0.4 is 0 Å². The summed E-state index contributed by atoms with van der Waals surface area (Å²) in [6.07, 6.45) is 3.00. The molecule has 1 heterocycles. The highest BCUT2D eigenvalue weighted by Gasteiger charge is 2.30. The zero-order valence-corrected chi connectivity index (χ0v) is 11.9. The van der Waals surface area contributed by atoms with Crippen molar-refractivity contribution in [3.05, 3.63) is 0 Å². The highest BCUT2D eigenvalue weighted by Crippen LogP contribution is 2.34. The van der Waals surface area contributed by atoms with Gasteiger partial charge in [-0.3, -0.25) is 0 Å². The van der Waals surface area contributed by atoms with Crippen LogP contribution in [0.4, 0.5) is 0 Å². The van der Waals surface area contributed by atoms with Gasteiger partial charge in [0, 0.05) is 13.1 Å². The van der Waals surface area contributed by atoms with Gasteiger partial charge in [-0.2, -0.15) is 0 Å². The Labute approximate surface area is 104 Å². The summed E-state index contributed by atoms with van der Waals surface area (Å²) in [5, 5.41) is -0.298. The third-order valence-electron chi connectivity index (χ3n) is 3.44. The summed E-state index contributed by atoms with van der Waals surface area (Å²) >= 11 is 5.48. The molecule has 0 aromatic heterocycles. The molecule has 5 heteroatoms. The summed E-state index contributed by atoms with van der Waals surface area (Å²) in [6.45, 7) is 7.93. The molecule has 16 heavy (non-hydrogen) atoms. The van der Waals surface area contributed by atoms with Crippen molar-refractivity contribution >= 4 is 21.6 Å². The van der Waals surface area contributed by atoms with E-state index in [1.807, 2.05) is 0 Å². The van der Waals surface area contributed by atoms with Crippen LogP contribution in [0.25, 0.3) is 0 Å². The summed E-state index contributed by atoms with van der Waals surface area (Å²) in [7, 11) is -3.21. The van der Waals surface area contributed by atoms with Crippen molar-refractivity contribution in [2.24, 2.45) is 11.3 Å². The molecule has 1 unspecified atom stereocenters. The minimum absolute atomic E-state index is 0.265. The number of nitrogens with zero attached hydrogens (tertiary/aromatic N) is 1. The van der Waals surface area contributed by atoms with Crippen molar-refractivity contribution in [2.45, 2.75) is 40.0 Å². The van der Waals surface area contributed by atoms with Gasteiger partial charge in [0.25, 0.3) is 0 Å². The number of rotatable bonds is 2. The summed E-state index contributed by atoms with van der Waals surface area (Å²) in [4.78, 5) is 0. The summed E-state index contributed by atoms with van der Waals surface area (Å²) in [5.74, 6) is 0.600. The van der Waals surface area contributed by atoms with Crippen molar-refractivity contribution in [3.8, 4) is 0 Å². The first kappa shape index (κ1) is 14.3. The van der Waals surface area contributed by atoms with Gasteiger partial charge in [0.05, 0.1) is 0 Å². The SMILES string of the molecule is CC(C)(C)C1CCCN(S(=O)(=O)CCl)CC1. The standard InChI is InChI=1S/C11H22ClNO2S/c1-11(2,3)10-5-4-7-13(8-6-10)16(14,15)9-12/h10H,4-9H2,1-3H3. The molecule has 1 atom stereocenters. The first-order valence-electron chi connectivity index (χ1n) is 5.81. The molecule has 1 fully saturated rings. The number of hydrogen-bond donors (Lipinski definition) is 0. The predicted molar refractivity (Wildman–Crippen MR) is 68.0 cm³/mol. The molecular formula is C11H22ClNO2S. The minimum Gasteiger partial charge on any atom is -0.211 e. The van der Waals surface area contributed by atoms with Gasteiger partial charge in [-0.25, -0.2) is 12.7 Å². The molecule has 0 amide bonds. The number of alkyl halides is 1. The number of sulfonamides is 1. The maximum absolute atomic E-state index is 11.7. The molecule has 1 aliphatic rings. The first-order chi connectivity index (χ1) is 7.27. The summed E-state index contributed by atoms with van der Waals surface area (Å²) in [5.41, 5.74) is 0.265. The fraction of sp³-hybridized carbons (Fsp3) is 1.00. The Hall–Kier alpha value is 0.200. The van der Waals surface area contributed by atoms with Crippen molar-refractivity contribution in [1.82, 2.24) is 4.31 Å². The van der Waals surface area contributed by atoms with Crippen molar-refractivity contribution in [1.29, 1.82) is 0 Å². The van der Waals surface area contributed by atoms with Gasteiger partial charge in [-0.1, -0.05) is 20.8 Å². The molecule has 1 rings (SSSR count). The maximum Gasteiger partial charge on any atom is 0.228 e. The molecule has 0 radical (unpaired) electrons. The van der Waals surface area contributed by atoms with Crippen molar-refractivity contribution in [3.63, 3.8) is 0 Å². The van der Waals surface area contributed by atoms with Crippen LogP contribution in [0.3, 0.4) is 0 Å². The second kappa shape index (κ2) is 5.23. The van der Waals surface area contributed by atoms with E-state index in [1.54, 1.807) is 4.31 Å². The quantitative estimate of drug-likeness (QED) is 0.722.